The molecule has 0 saturated heterocycles. The number of allylic oxidation sites excluding steroid dienone is 1. The van der Waals surface area contributed by atoms with Crippen molar-refractivity contribution in [3.8, 4) is 11.1 Å². The Balaban J connectivity index is 1.43. The zero-order valence-corrected chi connectivity index (χ0v) is 17.7. The number of aromatic nitrogens is 1. The third-order valence-electron chi connectivity index (χ3n) is 5.93. The molecule has 0 saturated carbocycles. The van der Waals surface area contributed by atoms with Gasteiger partial charge in [0.15, 0.2) is 6.29 Å². The van der Waals surface area contributed by atoms with E-state index < -0.39 is 0 Å². The second-order valence-corrected chi connectivity index (χ2v) is 7.98. The number of rotatable bonds is 4. The maximum Gasteiger partial charge on any atom is 0.179 e. The van der Waals surface area contributed by atoms with Crippen LogP contribution in [0.4, 0.5) is 0 Å². The van der Waals surface area contributed by atoms with Crippen LogP contribution in [0.3, 0.4) is 0 Å². The smallest absolute Gasteiger partial charge is 0.179 e. The van der Waals surface area contributed by atoms with Crippen LogP contribution in [0.2, 0.25) is 0 Å². The highest BCUT2D eigenvalue weighted by molar-refractivity contribution is 6.09. The summed E-state index contributed by atoms with van der Waals surface area (Å²) in [6.07, 6.45) is 11.3. The van der Waals surface area contributed by atoms with Crippen LogP contribution in [-0.2, 0) is 0 Å². The number of pyridine rings is 1. The highest BCUT2D eigenvalue weighted by Gasteiger charge is 2.27. The highest BCUT2D eigenvalue weighted by Crippen LogP contribution is 2.32. The fraction of sp³-hybridized carbons (Fsp3) is 0.185. The third kappa shape index (κ3) is 4.07. The van der Waals surface area contributed by atoms with Crippen LogP contribution in [0.15, 0.2) is 102 Å². The first-order valence-corrected chi connectivity index (χ1v) is 10.8. The van der Waals surface area contributed by atoms with Crippen molar-refractivity contribution in [1.29, 1.82) is 0 Å². The topological polar surface area (TPSA) is 31.7 Å². The molecule has 0 aliphatic carbocycles. The average Bonchev–Trinajstić information content (AvgIpc) is 2.85. The lowest BCUT2D eigenvalue weighted by Gasteiger charge is -2.39. The molecule has 3 aromatic rings. The van der Waals surface area contributed by atoms with Gasteiger partial charge in [-0.3, -0.25) is 9.88 Å². The van der Waals surface area contributed by atoms with Gasteiger partial charge in [-0.2, -0.15) is 0 Å². The minimum absolute atomic E-state index is 0.0132. The van der Waals surface area contributed by atoms with E-state index in [-0.39, 0.29) is 6.29 Å². The first-order chi connectivity index (χ1) is 15.3. The Morgan fingerprint density at radius 3 is 2.39 bits per heavy atom. The van der Waals surface area contributed by atoms with E-state index in [2.05, 4.69) is 94.8 Å². The van der Waals surface area contributed by atoms with Crippen LogP contribution >= 0.6 is 0 Å². The Bertz CT molecular complexity index is 1130. The van der Waals surface area contributed by atoms with E-state index in [4.69, 9.17) is 4.99 Å². The molecule has 2 aliphatic heterocycles. The molecule has 1 aromatic heterocycles. The molecular weight excluding hydrogens is 380 g/mol. The maximum absolute atomic E-state index is 5.09. The predicted octanol–water partition coefficient (Wildman–Crippen LogP) is 5.07. The standard InChI is InChI=1S/C27H26N4/c1-30-19-15-26(22-13-16-28-17-14-22)29-27(30)31-18-7-10-23(20-31)25-12-6-5-11-24(25)21-8-3-2-4-9-21/h2-6,8-17,19,27H,7,18,20H2,1H3. The Labute approximate surface area is 183 Å². The molecule has 31 heavy (non-hydrogen) atoms. The summed E-state index contributed by atoms with van der Waals surface area (Å²) in [5.41, 5.74) is 7.33. The molecule has 0 fully saturated rings. The van der Waals surface area contributed by atoms with Gasteiger partial charge in [-0.25, -0.2) is 4.99 Å². The lowest BCUT2D eigenvalue weighted by Crippen LogP contribution is -2.47. The lowest BCUT2D eigenvalue weighted by atomic mass is 9.92. The molecule has 2 aromatic carbocycles. The van der Waals surface area contributed by atoms with Crippen molar-refractivity contribution in [2.24, 2.45) is 4.99 Å². The molecule has 2 aliphatic rings. The molecule has 1 unspecified atom stereocenters. The van der Waals surface area contributed by atoms with E-state index in [9.17, 15) is 0 Å². The van der Waals surface area contributed by atoms with Gasteiger partial charge in [-0.1, -0.05) is 60.7 Å². The van der Waals surface area contributed by atoms with E-state index >= 15 is 0 Å². The molecule has 0 N–H and O–H groups in total. The first-order valence-electron chi connectivity index (χ1n) is 10.8. The van der Waals surface area contributed by atoms with Crippen molar-refractivity contribution in [3.63, 3.8) is 0 Å². The SMILES string of the molecule is CN1C=CC(c2ccncc2)=NC1N1CCC=C(c2ccccc2-c2ccccc2)C1. The summed E-state index contributed by atoms with van der Waals surface area (Å²) in [5, 5.41) is 0. The number of hydrogen-bond donors (Lipinski definition) is 0. The van der Waals surface area contributed by atoms with E-state index in [1.54, 1.807) is 0 Å². The normalized spacial score (nSPS) is 19.1. The fourth-order valence-electron chi connectivity index (χ4n) is 4.35. The van der Waals surface area contributed by atoms with Gasteiger partial charge in [-0.05, 0) is 46.9 Å². The average molecular weight is 407 g/mol. The summed E-state index contributed by atoms with van der Waals surface area (Å²) in [6.45, 7) is 1.87. The van der Waals surface area contributed by atoms with E-state index in [1.165, 1.54) is 22.3 Å². The van der Waals surface area contributed by atoms with Crippen LogP contribution in [0.25, 0.3) is 16.7 Å². The zero-order valence-electron chi connectivity index (χ0n) is 17.7. The van der Waals surface area contributed by atoms with Crippen LogP contribution in [0.5, 0.6) is 0 Å². The van der Waals surface area contributed by atoms with Crippen molar-refractivity contribution in [3.05, 3.63) is 109 Å². The van der Waals surface area contributed by atoms with Gasteiger partial charge in [0.25, 0.3) is 0 Å². The Hall–Kier alpha value is -3.50. The lowest BCUT2D eigenvalue weighted by molar-refractivity contribution is 0.111. The number of aliphatic imine (C=N–C) groups is 1. The van der Waals surface area contributed by atoms with Crippen molar-refractivity contribution < 1.29 is 0 Å². The van der Waals surface area contributed by atoms with Gasteiger partial charge in [0, 0.05) is 44.3 Å². The van der Waals surface area contributed by atoms with Crippen LogP contribution in [0.1, 0.15) is 17.5 Å². The second-order valence-electron chi connectivity index (χ2n) is 7.98. The second kappa shape index (κ2) is 8.70. The van der Waals surface area contributed by atoms with Gasteiger partial charge in [0.2, 0.25) is 0 Å². The van der Waals surface area contributed by atoms with Gasteiger partial charge in [0.1, 0.15) is 0 Å². The molecule has 4 nitrogen and oxygen atoms in total. The molecule has 0 radical (unpaired) electrons. The van der Waals surface area contributed by atoms with E-state index in [0.717, 1.165) is 30.8 Å². The molecule has 4 heteroatoms. The Kier molecular flexibility index (Phi) is 5.46. The zero-order chi connectivity index (χ0) is 21.0. The van der Waals surface area contributed by atoms with Crippen molar-refractivity contribution in [2.45, 2.75) is 12.7 Å². The molecule has 0 bridgehead atoms. The molecule has 0 amide bonds. The number of benzene rings is 2. The Morgan fingerprint density at radius 2 is 1.58 bits per heavy atom. The van der Waals surface area contributed by atoms with Crippen molar-refractivity contribution >= 4 is 11.3 Å². The minimum atomic E-state index is -0.0132. The van der Waals surface area contributed by atoms with E-state index in [0.29, 0.717) is 0 Å². The van der Waals surface area contributed by atoms with Crippen molar-refractivity contribution in [2.75, 3.05) is 20.1 Å². The summed E-state index contributed by atoms with van der Waals surface area (Å²) in [5.74, 6) is 0. The summed E-state index contributed by atoms with van der Waals surface area (Å²) >= 11 is 0. The predicted molar refractivity (Wildman–Crippen MR) is 128 cm³/mol. The van der Waals surface area contributed by atoms with E-state index in [1.807, 2.05) is 24.5 Å². The summed E-state index contributed by atoms with van der Waals surface area (Å²) in [4.78, 5) is 13.9. The number of hydrogen-bond acceptors (Lipinski definition) is 4. The molecule has 1 atom stereocenters. The first kappa shape index (κ1) is 19.5. The van der Waals surface area contributed by atoms with Crippen LogP contribution in [0, 0.1) is 0 Å². The molecule has 5 rings (SSSR count). The maximum atomic E-state index is 5.09. The fourth-order valence-corrected chi connectivity index (χ4v) is 4.35. The third-order valence-corrected chi connectivity index (χ3v) is 5.93. The summed E-state index contributed by atoms with van der Waals surface area (Å²) < 4.78 is 0. The molecule has 154 valence electrons. The highest BCUT2D eigenvalue weighted by atomic mass is 15.4. The molecule has 0 spiro atoms. The Morgan fingerprint density at radius 1 is 0.839 bits per heavy atom. The van der Waals surface area contributed by atoms with Crippen LogP contribution < -0.4 is 0 Å². The van der Waals surface area contributed by atoms with Gasteiger partial charge < -0.3 is 4.90 Å². The quantitative estimate of drug-likeness (QED) is 0.606. The summed E-state index contributed by atoms with van der Waals surface area (Å²) in [7, 11) is 2.10. The van der Waals surface area contributed by atoms with Gasteiger partial charge in [0.05, 0.1) is 5.71 Å². The van der Waals surface area contributed by atoms with Gasteiger partial charge in [-0.15, -0.1) is 0 Å². The molecular formula is C27H26N4. The van der Waals surface area contributed by atoms with Crippen LogP contribution in [-0.4, -0.2) is 46.9 Å². The van der Waals surface area contributed by atoms with Crippen molar-refractivity contribution in [1.82, 2.24) is 14.8 Å². The minimum Gasteiger partial charge on any atom is -0.347 e. The monoisotopic (exact) mass is 406 g/mol. The number of nitrogens with zero attached hydrogens (tertiary/aromatic N) is 4. The summed E-state index contributed by atoms with van der Waals surface area (Å²) in [6, 6.07) is 23.4. The largest absolute Gasteiger partial charge is 0.347 e. The molecule has 3 heterocycles. The van der Waals surface area contributed by atoms with Gasteiger partial charge >= 0.3 is 0 Å².